The summed E-state index contributed by atoms with van der Waals surface area (Å²) in [5, 5.41) is 4.50. The fraction of sp³-hybridized carbons (Fsp3) is 0.273. The monoisotopic (exact) mass is 382 g/mol. The molecule has 3 aromatic rings. The van der Waals surface area contributed by atoms with Gasteiger partial charge < -0.3 is 5.32 Å². The van der Waals surface area contributed by atoms with E-state index in [4.69, 9.17) is 11.6 Å². The van der Waals surface area contributed by atoms with Crippen molar-refractivity contribution in [3.05, 3.63) is 71.1 Å². The van der Waals surface area contributed by atoms with Crippen LogP contribution in [0.25, 0.3) is 10.9 Å². The van der Waals surface area contributed by atoms with Crippen molar-refractivity contribution < 1.29 is 9.18 Å². The van der Waals surface area contributed by atoms with Gasteiger partial charge in [-0.05, 0) is 85.7 Å². The number of halogens is 2. The van der Waals surface area contributed by atoms with E-state index in [0.717, 1.165) is 47.8 Å². The molecule has 1 heterocycles. The predicted octanol–water partition coefficient (Wildman–Crippen LogP) is 5.94. The van der Waals surface area contributed by atoms with E-state index in [1.807, 2.05) is 18.2 Å². The third kappa shape index (κ3) is 3.96. The maximum absolute atomic E-state index is 13.7. The number of carbonyl (C=O) groups excluding carboxylic acids is 1. The average molecular weight is 383 g/mol. The van der Waals surface area contributed by atoms with Crippen molar-refractivity contribution in [1.29, 1.82) is 0 Å². The highest BCUT2D eigenvalue weighted by Crippen LogP contribution is 2.38. The Morgan fingerprint density at radius 2 is 1.78 bits per heavy atom. The third-order valence-electron chi connectivity index (χ3n) is 5.39. The van der Waals surface area contributed by atoms with Gasteiger partial charge in [0.2, 0.25) is 5.91 Å². The number of aromatic nitrogens is 1. The molecule has 4 rings (SSSR count). The van der Waals surface area contributed by atoms with Gasteiger partial charge in [0.05, 0.1) is 5.52 Å². The van der Waals surface area contributed by atoms with Crippen LogP contribution >= 0.6 is 11.6 Å². The first kappa shape index (κ1) is 17.9. The Balaban J connectivity index is 1.44. The van der Waals surface area contributed by atoms with Gasteiger partial charge in [-0.25, -0.2) is 4.39 Å². The first-order valence-electron chi connectivity index (χ1n) is 9.21. The van der Waals surface area contributed by atoms with Crippen molar-refractivity contribution in [3.8, 4) is 0 Å². The summed E-state index contributed by atoms with van der Waals surface area (Å²) in [6.07, 6.45) is 5.25. The molecule has 0 unspecified atom stereocenters. The Morgan fingerprint density at radius 1 is 1.04 bits per heavy atom. The Hall–Kier alpha value is -2.46. The number of fused-ring (bicyclic) bond motifs is 1. The molecule has 0 radical (unpaired) electrons. The average Bonchev–Trinajstić information content (AvgIpc) is 2.69. The standard InChI is InChI=1S/C22H20ClFN2O/c23-16-5-8-18(9-6-16)26-22(27)15-3-1-14(2-4-15)19-11-12-25-21-10-7-17(24)13-20(19)21/h5-15H,1-4H2,(H,26,27)/t14-,15+. The van der Waals surface area contributed by atoms with Crippen LogP contribution in [-0.4, -0.2) is 10.9 Å². The second-order valence-electron chi connectivity index (χ2n) is 7.11. The van der Waals surface area contributed by atoms with E-state index in [9.17, 15) is 9.18 Å². The molecule has 0 saturated heterocycles. The van der Waals surface area contributed by atoms with E-state index >= 15 is 0 Å². The fourth-order valence-electron chi connectivity index (χ4n) is 3.94. The van der Waals surface area contributed by atoms with E-state index < -0.39 is 0 Å². The first-order chi connectivity index (χ1) is 13.1. The van der Waals surface area contributed by atoms with Gasteiger partial charge >= 0.3 is 0 Å². The van der Waals surface area contributed by atoms with Gasteiger partial charge in [0.15, 0.2) is 0 Å². The van der Waals surface area contributed by atoms with Crippen molar-refractivity contribution in [1.82, 2.24) is 4.98 Å². The predicted molar refractivity (Wildman–Crippen MR) is 106 cm³/mol. The second-order valence-corrected chi connectivity index (χ2v) is 7.54. The lowest BCUT2D eigenvalue weighted by Gasteiger charge is -2.28. The van der Waals surface area contributed by atoms with E-state index in [0.29, 0.717) is 10.9 Å². The molecule has 1 aliphatic rings. The third-order valence-corrected chi connectivity index (χ3v) is 5.64. The van der Waals surface area contributed by atoms with Crippen LogP contribution in [-0.2, 0) is 4.79 Å². The summed E-state index contributed by atoms with van der Waals surface area (Å²) in [6, 6.07) is 13.9. The number of amides is 1. The van der Waals surface area contributed by atoms with Crippen LogP contribution < -0.4 is 5.32 Å². The number of nitrogens with one attached hydrogen (secondary N) is 1. The van der Waals surface area contributed by atoms with Crippen molar-refractivity contribution in [3.63, 3.8) is 0 Å². The number of rotatable bonds is 3. The summed E-state index contributed by atoms with van der Waals surface area (Å²) in [4.78, 5) is 16.9. The Labute approximate surface area is 162 Å². The van der Waals surface area contributed by atoms with Gasteiger partial charge in [0, 0.05) is 28.2 Å². The first-order valence-corrected chi connectivity index (χ1v) is 9.58. The molecule has 1 N–H and O–H groups in total. The maximum Gasteiger partial charge on any atom is 0.227 e. The van der Waals surface area contributed by atoms with Crippen molar-refractivity contribution >= 4 is 34.1 Å². The molecule has 1 saturated carbocycles. The highest BCUT2D eigenvalue weighted by atomic mass is 35.5. The minimum absolute atomic E-state index is 0.00163. The SMILES string of the molecule is O=C(Nc1ccc(Cl)cc1)[C@H]1CC[C@@H](c2ccnc3ccc(F)cc32)CC1. The normalized spacial score (nSPS) is 19.8. The van der Waals surface area contributed by atoms with Gasteiger partial charge in [-0.2, -0.15) is 0 Å². The van der Waals surface area contributed by atoms with Gasteiger partial charge in [-0.3, -0.25) is 9.78 Å². The molecular formula is C22H20ClFN2O. The van der Waals surface area contributed by atoms with Crippen LogP contribution in [0.1, 0.15) is 37.2 Å². The van der Waals surface area contributed by atoms with E-state index in [2.05, 4.69) is 10.3 Å². The smallest absolute Gasteiger partial charge is 0.227 e. The van der Waals surface area contributed by atoms with Crippen LogP contribution in [0.4, 0.5) is 10.1 Å². The number of hydrogen-bond acceptors (Lipinski definition) is 2. The van der Waals surface area contributed by atoms with E-state index in [1.54, 1.807) is 30.5 Å². The Kier molecular flexibility index (Phi) is 5.08. The zero-order valence-corrected chi connectivity index (χ0v) is 15.5. The lowest BCUT2D eigenvalue weighted by Crippen LogP contribution is -2.26. The Bertz CT molecular complexity index is 966. The summed E-state index contributed by atoms with van der Waals surface area (Å²) in [7, 11) is 0. The molecule has 1 aromatic heterocycles. The number of nitrogens with zero attached hydrogens (tertiary/aromatic N) is 1. The molecule has 138 valence electrons. The van der Waals surface area contributed by atoms with Crippen molar-refractivity contribution in [2.24, 2.45) is 5.92 Å². The lowest BCUT2D eigenvalue weighted by atomic mass is 9.77. The van der Waals surface area contributed by atoms with Crippen molar-refractivity contribution in [2.75, 3.05) is 5.32 Å². The molecule has 3 nitrogen and oxygen atoms in total. The molecule has 1 fully saturated rings. The topological polar surface area (TPSA) is 42.0 Å². The summed E-state index contributed by atoms with van der Waals surface area (Å²) in [6.45, 7) is 0. The molecule has 0 aliphatic heterocycles. The molecule has 0 atom stereocenters. The number of carbonyl (C=O) groups is 1. The quantitative estimate of drug-likeness (QED) is 0.609. The van der Waals surface area contributed by atoms with Gasteiger partial charge in [0.25, 0.3) is 0 Å². The molecule has 0 spiro atoms. The van der Waals surface area contributed by atoms with Crippen LogP contribution in [0.3, 0.4) is 0 Å². The highest BCUT2D eigenvalue weighted by molar-refractivity contribution is 6.30. The van der Waals surface area contributed by atoms with E-state index in [1.165, 1.54) is 6.07 Å². The summed E-state index contributed by atoms with van der Waals surface area (Å²) in [5.74, 6) is 0.146. The largest absolute Gasteiger partial charge is 0.326 e. The van der Waals surface area contributed by atoms with Crippen LogP contribution in [0.2, 0.25) is 5.02 Å². The number of benzene rings is 2. The number of hydrogen-bond donors (Lipinski definition) is 1. The van der Waals surface area contributed by atoms with Crippen molar-refractivity contribution in [2.45, 2.75) is 31.6 Å². The molecule has 27 heavy (non-hydrogen) atoms. The van der Waals surface area contributed by atoms with Gasteiger partial charge in [0.1, 0.15) is 5.82 Å². The van der Waals surface area contributed by atoms with Crippen LogP contribution in [0, 0.1) is 11.7 Å². The molecular weight excluding hydrogens is 363 g/mol. The summed E-state index contributed by atoms with van der Waals surface area (Å²) >= 11 is 5.88. The van der Waals surface area contributed by atoms with Gasteiger partial charge in [-0.15, -0.1) is 0 Å². The zero-order valence-electron chi connectivity index (χ0n) is 14.8. The highest BCUT2D eigenvalue weighted by Gasteiger charge is 2.28. The summed E-state index contributed by atoms with van der Waals surface area (Å²) in [5.41, 5.74) is 2.72. The maximum atomic E-state index is 13.7. The van der Waals surface area contributed by atoms with Crippen LogP contribution in [0.5, 0.6) is 0 Å². The Morgan fingerprint density at radius 3 is 2.52 bits per heavy atom. The fourth-order valence-corrected chi connectivity index (χ4v) is 4.07. The summed E-state index contributed by atoms with van der Waals surface area (Å²) < 4.78 is 13.7. The van der Waals surface area contributed by atoms with Gasteiger partial charge in [-0.1, -0.05) is 11.6 Å². The molecule has 0 bridgehead atoms. The zero-order chi connectivity index (χ0) is 18.8. The molecule has 5 heteroatoms. The number of anilines is 1. The molecule has 2 aromatic carbocycles. The minimum atomic E-state index is -0.243. The molecule has 1 amide bonds. The minimum Gasteiger partial charge on any atom is -0.326 e. The lowest BCUT2D eigenvalue weighted by molar-refractivity contribution is -0.120. The number of pyridine rings is 1. The van der Waals surface area contributed by atoms with Crippen LogP contribution in [0.15, 0.2) is 54.7 Å². The van der Waals surface area contributed by atoms with E-state index in [-0.39, 0.29) is 17.6 Å². The second kappa shape index (κ2) is 7.65. The molecule has 1 aliphatic carbocycles.